The molecule has 0 fully saturated rings. The van der Waals surface area contributed by atoms with E-state index in [-0.39, 0.29) is 24.0 Å². The Labute approximate surface area is 142 Å². The molecule has 1 N–H and O–H groups in total. The Hall–Kier alpha value is -3.55. The highest BCUT2D eigenvalue weighted by atomic mass is 16.6. The van der Waals surface area contributed by atoms with Crippen molar-refractivity contribution in [2.45, 2.75) is 6.92 Å². The van der Waals surface area contributed by atoms with E-state index in [1.165, 1.54) is 18.2 Å². The van der Waals surface area contributed by atoms with E-state index in [4.69, 9.17) is 0 Å². The number of carbonyl (C=O) groups excluding carboxylic acids is 2. The number of rotatable bonds is 5. The van der Waals surface area contributed by atoms with Crippen molar-refractivity contribution < 1.29 is 14.5 Å². The minimum absolute atomic E-state index is 0.0360. The molecule has 0 atom stereocenters. The summed E-state index contributed by atoms with van der Waals surface area (Å²) < 4.78 is 0. The highest BCUT2D eigenvalue weighted by Gasteiger charge is 2.35. The summed E-state index contributed by atoms with van der Waals surface area (Å²) in [5.74, 6) is -0.712. The number of hydrazone groups is 1. The first-order valence-corrected chi connectivity index (χ1v) is 7.46. The number of hydrogen-bond donors (Lipinski definition) is 1. The lowest BCUT2D eigenvalue weighted by atomic mass is 10.1. The maximum Gasteiger partial charge on any atom is 0.271 e. The molecule has 1 aliphatic heterocycles. The number of amides is 2. The molecule has 0 saturated carbocycles. The van der Waals surface area contributed by atoms with E-state index < -0.39 is 4.92 Å². The Morgan fingerprint density at radius 3 is 2.36 bits per heavy atom. The predicted molar refractivity (Wildman–Crippen MR) is 91.6 cm³/mol. The molecule has 0 spiro atoms. The first-order valence-electron chi connectivity index (χ1n) is 7.46. The largest absolute Gasteiger partial charge is 0.278 e. The van der Waals surface area contributed by atoms with Gasteiger partial charge in [-0.1, -0.05) is 18.2 Å². The van der Waals surface area contributed by atoms with Crippen molar-refractivity contribution in [2.24, 2.45) is 5.10 Å². The first-order chi connectivity index (χ1) is 12.0. The average Bonchev–Trinajstić information content (AvgIpc) is 2.85. The van der Waals surface area contributed by atoms with Crippen LogP contribution in [0.25, 0.3) is 0 Å². The Morgan fingerprint density at radius 1 is 1.12 bits per heavy atom. The highest BCUT2D eigenvalue weighted by Crippen LogP contribution is 2.22. The van der Waals surface area contributed by atoms with Gasteiger partial charge in [-0.2, -0.15) is 5.10 Å². The zero-order valence-electron chi connectivity index (χ0n) is 13.3. The van der Waals surface area contributed by atoms with Crippen LogP contribution in [0.2, 0.25) is 0 Å². The lowest BCUT2D eigenvalue weighted by Crippen LogP contribution is -2.34. The number of benzene rings is 2. The lowest BCUT2D eigenvalue weighted by Gasteiger charge is -2.13. The van der Waals surface area contributed by atoms with Gasteiger partial charge in [-0.15, -0.1) is 0 Å². The van der Waals surface area contributed by atoms with Gasteiger partial charge in [-0.3, -0.25) is 30.0 Å². The van der Waals surface area contributed by atoms with Crippen LogP contribution in [0.15, 0.2) is 53.6 Å². The summed E-state index contributed by atoms with van der Waals surface area (Å²) in [6.45, 7) is 1.70. The molecule has 126 valence electrons. The van der Waals surface area contributed by atoms with Crippen molar-refractivity contribution in [3.8, 4) is 0 Å². The van der Waals surface area contributed by atoms with Crippen molar-refractivity contribution in [3.05, 3.63) is 69.8 Å². The fourth-order valence-corrected chi connectivity index (χ4v) is 2.50. The Balaban J connectivity index is 1.71. The second-order valence-corrected chi connectivity index (χ2v) is 5.51. The number of fused-ring (bicyclic) bond motifs is 1. The minimum atomic E-state index is -0.499. The molecule has 0 aromatic heterocycles. The van der Waals surface area contributed by atoms with E-state index in [0.717, 1.165) is 4.90 Å². The number of nitro benzene ring substituents is 1. The summed E-state index contributed by atoms with van der Waals surface area (Å²) >= 11 is 0. The van der Waals surface area contributed by atoms with Crippen LogP contribution in [0, 0.1) is 10.1 Å². The third-order valence-corrected chi connectivity index (χ3v) is 3.70. The van der Waals surface area contributed by atoms with Crippen LogP contribution >= 0.6 is 0 Å². The molecule has 0 aliphatic carbocycles. The summed E-state index contributed by atoms with van der Waals surface area (Å²) in [4.78, 5) is 36.0. The standard InChI is InChI=1S/C17H14N4O4/c1-11(18-19-12-5-4-6-13(9-12)21(24)25)10-20-16(22)14-7-2-3-8-15(14)17(20)23/h2-9,19H,10H2,1H3/b18-11-. The molecule has 25 heavy (non-hydrogen) atoms. The number of hydrogen-bond acceptors (Lipinski definition) is 6. The second kappa shape index (κ2) is 6.52. The lowest BCUT2D eigenvalue weighted by molar-refractivity contribution is -0.384. The monoisotopic (exact) mass is 338 g/mol. The SMILES string of the molecule is C/C(CN1C(=O)c2ccccc2C1=O)=N/Nc1cccc([N+](=O)[O-])c1. The van der Waals surface area contributed by atoms with Gasteiger partial charge in [-0.05, 0) is 25.1 Å². The van der Waals surface area contributed by atoms with E-state index in [0.29, 0.717) is 22.5 Å². The maximum absolute atomic E-state index is 12.3. The molecule has 8 heteroatoms. The molecule has 0 bridgehead atoms. The van der Waals surface area contributed by atoms with Gasteiger partial charge in [0.2, 0.25) is 0 Å². The van der Waals surface area contributed by atoms with Gasteiger partial charge in [0.1, 0.15) is 0 Å². The molecule has 2 aromatic rings. The highest BCUT2D eigenvalue weighted by molar-refractivity contribution is 6.22. The van der Waals surface area contributed by atoms with Gasteiger partial charge in [0.05, 0.1) is 34.0 Å². The third-order valence-electron chi connectivity index (χ3n) is 3.70. The number of non-ortho nitro benzene ring substituents is 1. The summed E-state index contributed by atoms with van der Waals surface area (Å²) in [6, 6.07) is 12.5. The molecular weight excluding hydrogens is 324 g/mol. The molecule has 2 amide bonds. The molecule has 0 radical (unpaired) electrons. The molecule has 0 saturated heterocycles. The van der Waals surface area contributed by atoms with Crippen molar-refractivity contribution >= 4 is 28.9 Å². The van der Waals surface area contributed by atoms with Crippen molar-refractivity contribution in [2.75, 3.05) is 12.0 Å². The van der Waals surface area contributed by atoms with Crippen LogP contribution in [-0.4, -0.2) is 33.9 Å². The average molecular weight is 338 g/mol. The van der Waals surface area contributed by atoms with Crippen molar-refractivity contribution in [1.29, 1.82) is 0 Å². The van der Waals surface area contributed by atoms with E-state index >= 15 is 0 Å². The van der Waals surface area contributed by atoms with Crippen LogP contribution in [0.4, 0.5) is 11.4 Å². The van der Waals surface area contributed by atoms with E-state index in [1.807, 2.05) is 0 Å². The molecule has 0 unspecified atom stereocenters. The van der Waals surface area contributed by atoms with Gasteiger partial charge >= 0.3 is 0 Å². The second-order valence-electron chi connectivity index (χ2n) is 5.51. The van der Waals surface area contributed by atoms with Gasteiger partial charge in [0.25, 0.3) is 17.5 Å². The van der Waals surface area contributed by atoms with E-state index in [2.05, 4.69) is 10.5 Å². The third kappa shape index (κ3) is 3.23. The fraction of sp³-hybridized carbons (Fsp3) is 0.118. The number of imide groups is 1. The van der Waals surface area contributed by atoms with Crippen LogP contribution in [0.5, 0.6) is 0 Å². The first kappa shape index (κ1) is 16.3. The predicted octanol–water partition coefficient (Wildman–Crippen LogP) is 2.68. The van der Waals surface area contributed by atoms with Gasteiger partial charge in [-0.25, -0.2) is 0 Å². The normalized spacial score (nSPS) is 13.8. The van der Waals surface area contributed by atoms with Crippen LogP contribution < -0.4 is 5.43 Å². The van der Waals surface area contributed by atoms with Crippen LogP contribution in [0.3, 0.4) is 0 Å². The van der Waals surface area contributed by atoms with Crippen LogP contribution in [0.1, 0.15) is 27.6 Å². The van der Waals surface area contributed by atoms with E-state index in [9.17, 15) is 19.7 Å². The summed E-state index contributed by atoms with van der Waals surface area (Å²) in [6.07, 6.45) is 0. The number of nitro groups is 1. The Bertz CT molecular complexity index is 872. The molecule has 1 heterocycles. The summed E-state index contributed by atoms with van der Waals surface area (Å²) in [5.41, 5.74) is 4.33. The molecule has 1 aliphatic rings. The summed E-state index contributed by atoms with van der Waals surface area (Å²) in [7, 11) is 0. The smallest absolute Gasteiger partial charge is 0.271 e. The number of carbonyl (C=O) groups is 2. The summed E-state index contributed by atoms with van der Waals surface area (Å²) in [5, 5.41) is 14.8. The van der Waals surface area contributed by atoms with Crippen LogP contribution in [-0.2, 0) is 0 Å². The minimum Gasteiger partial charge on any atom is -0.278 e. The topological polar surface area (TPSA) is 105 Å². The molecule has 8 nitrogen and oxygen atoms in total. The van der Waals surface area contributed by atoms with E-state index in [1.54, 1.807) is 37.3 Å². The zero-order valence-corrected chi connectivity index (χ0v) is 13.3. The van der Waals surface area contributed by atoms with Crippen molar-refractivity contribution in [3.63, 3.8) is 0 Å². The zero-order chi connectivity index (χ0) is 18.0. The van der Waals surface area contributed by atoms with Gasteiger partial charge < -0.3 is 0 Å². The molecule has 2 aromatic carbocycles. The fourth-order valence-electron chi connectivity index (χ4n) is 2.50. The van der Waals surface area contributed by atoms with Crippen molar-refractivity contribution in [1.82, 2.24) is 4.90 Å². The van der Waals surface area contributed by atoms with Gasteiger partial charge in [0.15, 0.2) is 0 Å². The number of nitrogens with one attached hydrogen (secondary N) is 1. The Morgan fingerprint density at radius 2 is 1.76 bits per heavy atom. The van der Waals surface area contributed by atoms with Gasteiger partial charge in [0, 0.05) is 12.1 Å². The quantitative estimate of drug-likeness (QED) is 0.390. The Kier molecular flexibility index (Phi) is 4.25. The number of nitrogens with zero attached hydrogens (tertiary/aromatic N) is 3. The number of anilines is 1. The maximum atomic E-state index is 12.3. The molecule has 3 rings (SSSR count). The molecular formula is C17H14N4O4.